The maximum atomic E-state index is 4.20. The SMILES string of the molecule is CCN1C=CC(c2ccnc(C)c2)=CC1. The second-order valence-corrected chi connectivity index (χ2v) is 3.75. The summed E-state index contributed by atoms with van der Waals surface area (Å²) in [7, 11) is 0. The number of nitrogens with zero attached hydrogens (tertiary/aromatic N) is 2. The van der Waals surface area contributed by atoms with Crippen molar-refractivity contribution in [1.29, 1.82) is 0 Å². The third kappa shape index (κ3) is 2.27. The highest BCUT2D eigenvalue weighted by atomic mass is 15.1. The molecule has 0 unspecified atom stereocenters. The van der Waals surface area contributed by atoms with E-state index in [-0.39, 0.29) is 0 Å². The number of aryl methyl sites for hydroxylation is 1. The summed E-state index contributed by atoms with van der Waals surface area (Å²) in [5.74, 6) is 0. The minimum Gasteiger partial charge on any atom is -0.374 e. The van der Waals surface area contributed by atoms with E-state index in [1.807, 2.05) is 13.1 Å². The molecule has 2 heteroatoms. The fourth-order valence-corrected chi connectivity index (χ4v) is 1.70. The van der Waals surface area contributed by atoms with Gasteiger partial charge in [-0.05, 0) is 49.4 Å². The highest BCUT2D eigenvalue weighted by molar-refractivity contribution is 5.74. The molecule has 0 aromatic carbocycles. The fraction of sp³-hybridized carbons (Fsp3) is 0.308. The molecule has 0 aliphatic carbocycles. The van der Waals surface area contributed by atoms with Crippen molar-refractivity contribution in [3.05, 3.63) is 47.9 Å². The van der Waals surface area contributed by atoms with E-state index in [9.17, 15) is 0 Å². The molecule has 0 radical (unpaired) electrons. The molecule has 78 valence electrons. The summed E-state index contributed by atoms with van der Waals surface area (Å²) in [5, 5.41) is 0. The lowest BCUT2D eigenvalue weighted by Gasteiger charge is -2.20. The van der Waals surface area contributed by atoms with Gasteiger partial charge in [0.1, 0.15) is 0 Å². The molecule has 1 aromatic rings. The summed E-state index contributed by atoms with van der Waals surface area (Å²) in [6.45, 7) is 6.26. The Labute approximate surface area is 90.9 Å². The summed E-state index contributed by atoms with van der Waals surface area (Å²) >= 11 is 0. The number of hydrogen-bond acceptors (Lipinski definition) is 2. The lowest BCUT2D eigenvalue weighted by atomic mass is 10.0. The van der Waals surface area contributed by atoms with Gasteiger partial charge in [0.2, 0.25) is 0 Å². The first kappa shape index (κ1) is 9.97. The number of pyridine rings is 1. The smallest absolute Gasteiger partial charge is 0.0378 e. The molecular weight excluding hydrogens is 184 g/mol. The second-order valence-electron chi connectivity index (χ2n) is 3.75. The Hall–Kier alpha value is -1.57. The maximum absolute atomic E-state index is 4.20. The van der Waals surface area contributed by atoms with Crippen LogP contribution in [0.1, 0.15) is 18.2 Å². The van der Waals surface area contributed by atoms with Gasteiger partial charge < -0.3 is 4.90 Å². The van der Waals surface area contributed by atoms with E-state index in [2.05, 4.69) is 47.3 Å². The molecule has 0 saturated heterocycles. The first-order chi connectivity index (χ1) is 7.29. The minimum atomic E-state index is 1.00. The molecule has 0 saturated carbocycles. The highest BCUT2D eigenvalue weighted by Gasteiger charge is 2.04. The average molecular weight is 200 g/mol. The van der Waals surface area contributed by atoms with Crippen LogP contribution in [-0.2, 0) is 0 Å². The number of allylic oxidation sites excluding steroid dienone is 2. The Bertz CT molecular complexity index is 405. The zero-order valence-corrected chi connectivity index (χ0v) is 9.27. The number of likely N-dealkylation sites (N-methyl/N-ethyl adjacent to an activating group) is 1. The monoisotopic (exact) mass is 200 g/mol. The van der Waals surface area contributed by atoms with Gasteiger partial charge in [-0.25, -0.2) is 0 Å². The van der Waals surface area contributed by atoms with Gasteiger partial charge >= 0.3 is 0 Å². The normalized spacial score (nSPS) is 15.3. The van der Waals surface area contributed by atoms with Crippen molar-refractivity contribution in [3.8, 4) is 0 Å². The van der Waals surface area contributed by atoms with Crippen molar-refractivity contribution in [3.63, 3.8) is 0 Å². The van der Waals surface area contributed by atoms with E-state index >= 15 is 0 Å². The van der Waals surface area contributed by atoms with E-state index in [0.29, 0.717) is 0 Å². The standard InChI is InChI=1S/C13H16N2/c1-3-15-8-5-12(6-9-15)13-4-7-14-11(2)10-13/h4-8,10H,3,9H2,1-2H3. The lowest BCUT2D eigenvalue weighted by Crippen LogP contribution is -2.18. The first-order valence-electron chi connectivity index (χ1n) is 5.35. The van der Waals surface area contributed by atoms with Crippen molar-refractivity contribution in [2.45, 2.75) is 13.8 Å². The van der Waals surface area contributed by atoms with Crippen LogP contribution in [0.5, 0.6) is 0 Å². The van der Waals surface area contributed by atoms with E-state index in [0.717, 1.165) is 18.8 Å². The van der Waals surface area contributed by atoms with Crippen LogP contribution in [0.4, 0.5) is 0 Å². The Morgan fingerprint density at radius 2 is 2.33 bits per heavy atom. The fourth-order valence-electron chi connectivity index (χ4n) is 1.70. The van der Waals surface area contributed by atoms with Crippen LogP contribution >= 0.6 is 0 Å². The number of aromatic nitrogens is 1. The largest absolute Gasteiger partial charge is 0.374 e. The molecule has 0 fully saturated rings. The van der Waals surface area contributed by atoms with Gasteiger partial charge in [-0.15, -0.1) is 0 Å². The molecule has 1 aliphatic rings. The van der Waals surface area contributed by atoms with Crippen molar-refractivity contribution in [1.82, 2.24) is 9.88 Å². The molecule has 0 N–H and O–H groups in total. The molecule has 0 atom stereocenters. The van der Waals surface area contributed by atoms with Gasteiger partial charge in [0, 0.05) is 25.0 Å². The molecule has 1 aromatic heterocycles. The van der Waals surface area contributed by atoms with Crippen LogP contribution in [0, 0.1) is 6.92 Å². The van der Waals surface area contributed by atoms with Crippen molar-refractivity contribution >= 4 is 5.57 Å². The van der Waals surface area contributed by atoms with E-state index in [4.69, 9.17) is 0 Å². The van der Waals surface area contributed by atoms with E-state index < -0.39 is 0 Å². The van der Waals surface area contributed by atoms with Gasteiger partial charge in [0.25, 0.3) is 0 Å². The Morgan fingerprint density at radius 1 is 1.47 bits per heavy atom. The van der Waals surface area contributed by atoms with Crippen molar-refractivity contribution in [2.75, 3.05) is 13.1 Å². The third-order valence-corrected chi connectivity index (χ3v) is 2.65. The summed E-state index contributed by atoms with van der Waals surface area (Å²) in [6, 6.07) is 4.18. The van der Waals surface area contributed by atoms with Crippen molar-refractivity contribution < 1.29 is 0 Å². The van der Waals surface area contributed by atoms with Gasteiger partial charge in [-0.2, -0.15) is 0 Å². The molecule has 2 nitrogen and oxygen atoms in total. The summed E-state index contributed by atoms with van der Waals surface area (Å²) in [5.41, 5.74) is 3.62. The Morgan fingerprint density at radius 3 is 2.93 bits per heavy atom. The number of rotatable bonds is 2. The topological polar surface area (TPSA) is 16.1 Å². The lowest BCUT2D eigenvalue weighted by molar-refractivity contribution is 0.437. The highest BCUT2D eigenvalue weighted by Crippen LogP contribution is 2.19. The zero-order chi connectivity index (χ0) is 10.7. The van der Waals surface area contributed by atoms with Gasteiger partial charge in [-0.3, -0.25) is 4.98 Å². The van der Waals surface area contributed by atoms with Crippen LogP contribution in [0.15, 0.2) is 36.7 Å². The van der Waals surface area contributed by atoms with E-state index in [1.54, 1.807) is 0 Å². The molecule has 2 rings (SSSR count). The molecule has 0 amide bonds. The van der Waals surface area contributed by atoms with Gasteiger partial charge in [0.05, 0.1) is 0 Å². The Balaban J connectivity index is 2.20. The minimum absolute atomic E-state index is 1.00. The van der Waals surface area contributed by atoms with Crippen LogP contribution in [0.2, 0.25) is 0 Å². The molecule has 0 bridgehead atoms. The molecular formula is C13H16N2. The predicted octanol–water partition coefficient (Wildman–Crippen LogP) is 2.62. The Kier molecular flexibility index (Phi) is 2.86. The van der Waals surface area contributed by atoms with Crippen LogP contribution in [-0.4, -0.2) is 23.0 Å². The number of hydrogen-bond donors (Lipinski definition) is 0. The molecule has 1 aliphatic heterocycles. The first-order valence-corrected chi connectivity index (χ1v) is 5.35. The summed E-state index contributed by atoms with van der Waals surface area (Å²) in [4.78, 5) is 6.48. The van der Waals surface area contributed by atoms with Crippen LogP contribution in [0.3, 0.4) is 0 Å². The quantitative estimate of drug-likeness (QED) is 0.729. The van der Waals surface area contributed by atoms with Crippen LogP contribution in [0.25, 0.3) is 5.57 Å². The zero-order valence-electron chi connectivity index (χ0n) is 9.27. The molecule has 15 heavy (non-hydrogen) atoms. The van der Waals surface area contributed by atoms with Crippen molar-refractivity contribution in [2.24, 2.45) is 0 Å². The van der Waals surface area contributed by atoms with Gasteiger partial charge in [-0.1, -0.05) is 6.08 Å². The third-order valence-electron chi connectivity index (χ3n) is 2.65. The average Bonchev–Trinajstić information content (AvgIpc) is 2.29. The maximum Gasteiger partial charge on any atom is 0.0378 e. The summed E-state index contributed by atoms with van der Waals surface area (Å²) < 4.78 is 0. The predicted molar refractivity (Wildman–Crippen MR) is 63.3 cm³/mol. The molecule has 2 heterocycles. The van der Waals surface area contributed by atoms with Crippen LogP contribution < -0.4 is 0 Å². The van der Waals surface area contributed by atoms with Gasteiger partial charge in [0.15, 0.2) is 0 Å². The second kappa shape index (κ2) is 4.30. The molecule has 0 spiro atoms. The summed E-state index contributed by atoms with van der Waals surface area (Å²) in [6.07, 6.45) is 8.46. The van der Waals surface area contributed by atoms with E-state index in [1.165, 1.54) is 11.1 Å².